The molecule has 3 saturated heterocycles. The standard InChI is InChI=1S/C18H24N2O4S/c21-16(19-8-5-18(6-9-19)23-10-11-24-18)14-3-1-7-20(13-14)17(22)15-4-2-12-25-15/h2,4,12,14H,1,3,5-11,13H2/t14-/m0/s1. The summed E-state index contributed by atoms with van der Waals surface area (Å²) in [7, 11) is 0. The van der Waals surface area contributed by atoms with E-state index in [-0.39, 0.29) is 17.7 Å². The molecule has 1 aromatic heterocycles. The van der Waals surface area contributed by atoms with Gasteiger partial charge in [-0.2, -0.15) is 0 Å². The zero-order valence-corrected chi connectivity index (χ0v) is 15.1. The van der Waals surface area contributed by atoms with E-state index in [0.717, 1.165) is 37.1 Å². The van der Waals surface area contributed by atoms with Crippen LogP contribution in [-0.2, 0) is 14.3 Å². The van der Waals surface area contributed by atoms with Crippen LogP contribution in [0.25, 0.3) is 0 Å². The maximum atomic E-state index is 12.9. The Labute approximate surface area is 151 Å². The molecule has 0 bridgehead atoms. The Morgan fingerprint density at radius 2 is 1.88 bits per heavy atom. The molecule has 0 N–H and O–H groups in total. The van der Waals surface area contributed by atoms with Crippen LogP contribution in [0, 0.1) is 5.92 Å². The van der Waals surface area contributed by atoms with Crippen molar-refractivity contribution in [2.45, 2.75) is 31.5 Å². The van der Waals surface area contributed by atoms with E-state index in [0.29, 0.717) is 32.8 Å². The molecule has 3 aliphatic rings. The van der Waals surface area contributed by atoms with Crippen molar-refractivity contribution in [3.8, 4) is 0 Å². The van der Waals surface area contributed by atoms with E-state index in [2.05, 4.69) is 0 Å². The number of nitrogens with zero attached hydrogens (tertiary/aromatic N) is 2. The van der Waals surface area contributed by atoms with Crippen molar-refractivity contribution >= 4 is 23.2 Å². The maximum absolute atomic E-state index is 12.9. The van der Waals surface area contributed by atoms with Gasteiger partial charge >= 0.3 is 0 Å². The molecule has 25 heavy (non-hydrogen) atoms. The third-order valence-electron chi connectivity index (χ3n) is 5.44. The van der Waals surface area contributed by atoms with E-state index in [1.165, 1.54) is 11.3 Å². The molecule has 4 rings (SSSR count). The van der Waals surface area contributed by atoms with Gasteiger partial charge in [0.25, 0.3) is 5.91 Å². The highest BCUT2D eigenvalue weighted by Crippen LogP contribution is 2.32. The molecule has 6 nitrogen and oxygen atoms in total. The summed E-state index contributed by atoms with van der Waals surface area (Å²) < 4.78 is 11.5. The van der Waals surface area contributed by atoms with Crippen LogP contribution in [0.5, 0.6) is 0 Å². The number of piperidine rings is 2. The van der Waals surface area contributed by atoms with Crippen molar-refractivity contribution in [1.29, 1.82) is 0 Å². The minimum Gasteiger partial charge on any atom is -0.347 e. The first kappa shape index (κ1) is 17.0. The number of likely N-dealkylation sites (tertiary alicyclic amines) is 2. The summed E-state index contributed by atoms with van der Waals surface area (Å²) in [5.74, 6) is -0.309. The molecule has 1 aromatic rings. The third-order valence-corrected chi connectivity index (χ3v) is 6.30. The third kappa shape index (κ3) is 3.45. The van der Waals surface area contributed by atoms with Gasteiger partial charge in [-0.05, 0) is 24.3 Å². The van der Waals surface area contributed by atoms with Gasteiger partial charge < -0.3 is 19.3 Å². The minimum atomic E-state index is -0.454. The van der Waals surface area contributed by atoms with Crippen LogP contribution >= 0.6 is 11.3 Å². The molecule has 3 fully saturated rings. The van der Waals surface area contributed by atoms with Crippen molar-refractivity contribution in [2.24, 2.45) is 5.92 Å². The van der Waals surface area contributed by atoms with Crippen molar-refractivity contribution in [3.05, 3.63) is 22.4 Å². The van der Waals surface area contributed by atoms with Crippen LogP contribution in [0.4, 0.5) is 0 Å². The SMILES string of the molecule is O=C(c1cccs1)N1CCC[C@H](C(=O)N2CCC3(CC2)OCCO3)C1. The van der Waals surface area contributed by atoms with Crippen molar-refractivity contribution < 1.29 is 19.1 Å². The number of carbonyl (C=O) groups excluding carboxylic acids is 2. The summed E-state index contributed by atoms with van der Waals surface area (Å²) in [5.41, 5.74) is 0. The Hall–Kier alpha value is -1.44. The van der Waals surface area contributed by atoms with E-state index in [1.54, 1.807) is 0 Å². The zero-order chi connectivity index (χ0) is 17.3. The molecule has 0 unspecified atom stereocenters. The van der Waals surface area contributed by atoms with E-state index in [9.17, 15) is 9.59 Å². The van der Waals surface area contributed by atoms with Gasteiger partial charge in [0.1, 0.15) is 0 Å². The van der Waals surface area contributed by atoms with Gasteiger partial charge in [0.2, 0.25) is 5.91 Å². The number of carbonyl (C=O) groups is 2. The van der Waals surface area contributed by atoms with Gasteiger partial charge in [-0.1, -0.05) is 6.07 Å². The van der Waals surface area contributed by atoms with Crippen LogP contribution < -0.4 is 0 Å². The average molecular weight is 364 g/mol. The van der Waals surface area contributed by atoms with Gasteiger partial charge in [-0.25, -0.2) is 0 Å². The molecule has 4 heterocycles. The highest BCUT2D eigenvalue weighted by molar-refractivity contribution is 7.12. The quantitative estimate of drug-likeness (QED) is 0.805. The molecule has 0 radical (unpaired) electrons. The number of amides is 2. The van der Waals surface area contributed by atoms with Gasteiger partial charge in [-0.15, -0.1) is 11.3 Å². The van der Waals surface area contributed by atoms with Crippen LogP contribution in [0.3, 0.4) is 0 Å². The highest BCUT2D eigenvalue weighted by atomic mass is 32.1. The molecule has 0 aliphatic carbocycles. The monoisotopic (exact) mass is 364 g/mol. The molecule has 7 heteroatoms. The Kier molecular flexibility index (Phi) is 4.80. The summed E-state index contributed by atoms with van der Waals surface area (Å²) in [4.78, 5) is 30.0. The van der Waals surface area contributed by atoms with E-state index < -0.39 is 5.79 Å². The van der Waals surface area contributed by atoms with E-state index in [1.807, 2.05) is 27.3 Å². The minimum absolute atomic E-state index is 0.0536. The molecule has 0 saturated carbocycles. The fraction of sp³-hybridized carbons (Fsp3) is 0.667. The van der Waals surface area contributed by atoms with Gasteiger partial charge in [0.15, 0.2) is 5.79 Å². The highest BCUT2D eigenvalue weighted by Gasteiger charge is 2.42. The predicted molar refractivity (Wildman–Crippen MR) is 93.4 cm³/mol. The summed E-state index contributed by atoms with van der Waals surface area (Å²) in [5, 5.41) is 1.91. The number of hydrogen-bond donors (Lipinski definition) is 0. The average Bonchev–Trinajstić information content (AvgIpc) is 3.34. The Balaban J connectivity index is 1.35. The summed E-state index contributed by atoms with van der Waals surface area (Å²) >= 11 is 1.46. The van der Waals surface area contributed by atoms with Gasteiger partial charge in [-0.3, -0.25) is 9.59 Å². The zero-order valence-electron chi connectivity index (χ0n) is 14.3. The predicted octanol–water partition coefficient (Wildman–Crippen LogP) is 1.97. The number of hydrogen-bond acceptors (Lipinski definition) is 5. The van der Waals surface area contributed by atoms with Crippen LogP contribution in [0.2, 0.25) is 0 Å². The van der Waals surface area contributed by atoms with Crippen molar-refractivity contribution in [1.82, 2.24) is 9.80 Å². The normalized spacial score (nSPS) is 26.2. The first-order valence-corrected chi connectivity index (χ1v) is 9.94. The topological polar surface area (TPSA) is 59.1 Å². The Bertz CT molecular complexity index is 617. The Morgan fingerprint density at radius 3 is 2.56 bits per heavy atom. The van der Waals surface area contributed by atoms with Crippen LogP contribution in [0.15, 0.2) is 17.5 Å². The molecule has 0 aromatic carbocycles. The first-order chi connectivity index (χ1) is 12.2. The molecule has 2 amide bonds. The van der Waals surface area contributed by atoms with Gasteiger partial charge in [0, 0.05) is 39.0 Å². The fourth-order valence-electron chi connectivity index (χ4n) is 4.03. The largest absolute Gasteiger partial charge is 0.347 e. The summed E-state index contributed by atoms with van der Waals surface area (Å²) in [6.45, 7) is 3.92. The second-order valence-corrected chi connectivity index (χ2v) is 7.95. The lowest BCUT2D eigenvalue weighted by Crippen LogP contribution is -2.51. The van der Waals surface area contributed by atoms with Crippen molar-refractivity contribution in [3.63, 3.8) is 0 Å². The second kappa shape index (κ2) is 7.05. The molecule has 1 spiro atoms. The van der Waals surface area contributed by atoms with Crippen molar-refractivity contribution in [2.75, 3.05) is 39.4 Å². The van der Waals surface area contributed by atoms with E-state index in [4.69, 9.17) is 9.47 Å². The number of rotatable bonds is 2. The number of thiophene rings is 1. The maximum Gasteiger partial charge on any atom is 0.263 e. The lowest BCUT2D eigenvalue weighted by atomic mass is 9.94. The molecule has 1 atom stereocenters. The molecular weight excluding hydrogens is 340 g/mol. The molecule has 136 valence electrons. The smallest absolute Gasteiger partial charge is 0.263 e. The molecule has 3 aliphatic heterocycles. The first-order valence-electron chi connectivity index (χ1n) is 9.06. The molecular formula is C18H24N2O4S. The lowest BCUT2D eigenvalue weighted by molar-refractivity contribution is -0.188. The summed E-state index contributed by atoms with van der Waals surface area (Å²) in [6, 6.07) is 3.74. The second-order valence-electron chi connectivity index (χ2n) is 7.00. The fourth-order valence-corrected chi connectivity index (χ4v) is 4.72. The van der Waals surface area contributed by atoms with Crippen LogP contribution in [-0.4, -0.2) is 66.8 Å². The lowest BCUT2D eigenvalue weighted by Gasteiger charge is -2.40. The van der Waals surface area contributed by atoms with Crippen LogP contribution in [0.1, 0.15) is 35.4 Å². The number of ether oxygens (including phenoxy) is 2. The summed E-state index contributed by atoms with van der Waals surface area (Å²) in [6.07, 6.45) is 3.23. The Morgan fingerprint density at radius 1 is 1.12 bits per heavy atom. The van der Waals surface area contributed by atoms with E-state index >= 15 is 0 Å². The van der Waals surface area contributed by atoms with Gasteiger partial charge in [0.05, 0.1) is 24.0 Å².